The third-order valence-electron chi connectivity index (χ3n) is 2.19. The molecule has 4 nitrogen and oxygen atoms in total. The van der Waals surface area contributed by atoms with Gasteiger partial charge in [-0.3, -0.25) is 0 Å². The summed E-state index contributed by atoms with van der Waals surface area (Å²) >= 11 is 0. The van der Waals surface area contributed by atoms with Gasteiger partial charge in [0.15, 0.2) is 5.65 Å². The summed E-state index contributed by atoms with van der Waals surface area (Å²) in [6.07, 6.45) is 0.741. The van der Waals surface area contributed by atoms with Gasteiger partial charge in [-0.1, -0.05) is 0 Å². The van der Waals surface area contributed by atoms with Gasteiger partial charge in [0, 0.05) is 25.0 Å². The normalized spacial score (nSPS) is 13.6. The van der Waals surface area contributed by atoms with Crippen LogP contribution in [0.25, 0.3) is 5.65 Å². The standard InChI is InChI=1S/C9H10F2N4/c10-9(11)6(5-12)7-4-8-13-2-1-3-15(8)14-7/h1-4,6,9H,5,12H2. The number of fused-ring (bicyclic) bond motifs is 1. The average Bonchev–Trinajstić information content (AvgIpc) is 2.61. The van der Waals surface area contributed by atoms with Crippen LogP contribution in [0.1, 0.15) is 11.6 Å². The zero-order chi connectivity index (χ0) is 10.8. The van der Waals surface area contributed by atoms with Crippen LogP contribution in [0.5, 0.6) is 0 Å². The lowest BCUT2D eigenvalue weighted by Crippen LogP contribution is -2.20. The van der Waals surface area contributed by atoms with Crippen LogP contribution in [0, 0.1) is 0 Å². The summed E-state index contributed by atoms with van der Waals surface area (Å²) < 4.78 is 26.6. The average molecular weight is 212 g/mol. The molecule has 0 aliphatic heterocycles. The third-order valence-corrected chi connectivity index (χ3v) is 2.19. The lowest BCUT2D eigenvalue weighted by atomic mass is 10.1. The van der Waals surface area contributed by atoms with Crippen LogP contribution >= 0.6 is 0 Å². The van der Waals surface area contributed by atoms with Gasteiger partial charge in [0.1, 0.15) is 0 Å². The Hall–Kier alpha value is -1.56. The van der Waals surface area contributed by atoms with Crippen molar-refractivity contribution in [2.24, 2.45) is 5.73 Å². The molecule has 80 valence electrons. The Labute approximate surface area is 84.7 Å². The Balaban J connectivity index is 2.43. The molecule has 1 atom stereocenters. The van der Waals surface area contributed by atoms with Gasteiger partial charge in [-0.05, 0) is 6.07 Å². The highest BCUT2D eigenvalue weighted by Crippen LogP contribution is 2.21. The van der Waals surface area contributed by atoms with Gasteiger partial charge in [-0.25, -0.2) is 18.3 Å². The number of nitrogens with two attached hydrogens (primary N) is 1. The van der Waals surface area contributed by atoms with Crippen molar-refractivity contribution in [1.29, 1.82) is 0 Å². The first kappa shape index (κ1) is 9.97. The van der Waals surface area contributed by atoms with Gasteiger partial charge in [-0.15, -0.1) is 0 Å². The SMILES string of the molecule is NCC(c1cc2ncccn2n1)C(F)F. The first-order valence-corrected chi connectivity index (χ1v) is 4.51. The predicted octanol–water partition coefficient (Wildman–Crippen LogP) is 1.04. The zero-order valence-corrected chi connectivity index (χ0v) is 7.85. The van der Waals surface area contributed by atoms with Crippen LogP contribution in [-0.2, 0) is 0 Å². The quantitative estimate of drug-likeness (QED) is 0.826. The van der Waals surface area contributed by atoms with E-state index in [4.69, 9.17) is 5.73 Å². The van der Waals surface area contributed by atoms with Gasteiger partial charge in [0.05, 0.1) is 11.6 Å². The Morgan fingerprint density at radius 1 is 1.47 bits per heavy atom. The number of hydrogen-bond donors (Lipinski definition) is 1. The Morgan fingerprint density at radius 2 is 2.27 bits per heavy atom. The summed E-state index contributed by atoms with van der Waals surface area (Å²) in [6, 6.07) is 3.22. The van der Waals surface area contributed by atoms with Crippen molar-refractivity contribution in [3.63, 3.8) is 0 Å². The van der Waals surface area contributed by atoms with E-state index in [0.717, 1.165) is 0 Å². The van der Waals surface area contributed by atoms with E-state index in [2.05, 4.69) is 10.1 Å². The highest BCUT2D eigenvalue weighted by Gasteiger charge is 2.23. The molecule has 0 radical (unpaired) electrons. The molecule has 0 spiro atoms. The molecule has 0 saturated carbocycles. The number of aromatic nitrogens is 3. The molecular weight excluding hydrogens is 202 g/mol. The van der Waals surface area contributed by atoms with Gasteiger partial charge in [-0.2, -0.15) is 5.10 Å². The zero-order valence-electron chi connectivity index (χ0n) is 7.85. The van der Waals surface area contributed by atoms with Crippen molar-refractivity contribution in [2.45, 2.75) is 12.3 Å². The lowest BCUT2D eigenvalue weighted by Gasteiger charge is -2.09. The van der Waals surface area contributed by atoms with E-state index in [0.29, 0.717) is 5.65 Å². The fourth-order valence-corrected chi connectivity index (χ4v) is 1.38. The van der Waals surface area contributed by atoms with Crippen molar-refractivity contribution in [2.75, 3.05) is 6.54 Å². The Kier molecular flexibility index (Phi) is 2.59. The first-order valence-electron chi connectivity index (χ1n) is 4.51. The largest absolute Gasteiger partial charge is 0.330 e. The van der Waals surface area contributed by atoms with Crippen LogP contribution in [0.4, 0.5) is 8.78 Å². The molecule has 0 amide bonds. The smallest absolute Gasteiger partial charge is 0.248 e. The lowest BCUT2D eigenvalue weighted by molar-refractivity contribution is 0.115. The van der Waals surface area contributed by atoms with E-state index in [1.54, 1.807) is 18.5 Å². The second-order valence-corrected chi connectivity index (χ2v) is 3.17. The van der Waals surface area contributed by atoms with E-state index in [-0.39, 0.29) is 12.2 Å². The molecular formula is C9H10F2N4. The van der Waals surface area contributed by atoms with E-state index < -0.39 is 12.3 Å². The number of alkyl halides is 2. The van der Waals surface area contributed by atoms with Gasteiger partial charge >= 0.3 is 0 Å². The molecule has 2 N–H and O–H groups in total. The van der Waals surface area contributed by atoms with E-state index in [1.807, 2.05) is 0 Å². The van der Waals surface area contributed by atoms with Gasteiger partial charge < -0.3 is 5.73 Å². The maximum atomic E-state index is 12.6. The fraction of sp³-hybridized carbons (Fsp3) is 0.333. The molecule has 1 unspecified atom stereocenters. The van der Waals surface area contributed by atoms with Crippen molar-refractivity contribution < 1.29 is 8.78 Å². The maximum absolute atomic E-state index is 12.6. The molecule has 0 aromatic carbocycles. The van der Waals surface area contributed by atoms with Crippen molar-refractivity contribution >= 4 is 5.65 Å². The number of hydrogen-bond acceptors (Lipinski definition) is 3. The monoisotopic (exact) mass is 212 g/mol. The third kappa shape index (κ3) is 1.80. The molecule has 2 aromatic rings. The molecule has 0 fully saturated rings. The van der Waals surface area contributed by atoms with Crippen LogP contribution in [0.15, 0.2) is 24.5 Å². The number of rotatable bonds is 3. The van der Waals surface area contributed by atoms with Crippen molar-refractivity contribution in [3.8, 4) is 0 Å². The Morgan fingerprint density at radius 3 is 2.87 bits per heavy atom. The van der Waals surface area contributed by atoms with Crippen LogP contribution in [-0.4, -0.2) is 27.6 Å². The minimum atomic E-state index is -2.50. The molecule has 6 heteroatoms. The summed E-state index contributed by atoms with van der Waals surface area (Å²) in [5, 5.41) is 4.00. The molecule has 0 aliphatic carbocycles. The molecule has 0 bridgehead atoms. The van der Waals surface area contributed by atoms with Crippen LogP contribution in [0.2, 0.25) is 0 Å². The van der Waals surface area contributed by atoms with Crippen LogP contribution < -0.4 is 5.73 Å². The summed E-state index contributed by atoms with van der Waals surface area (Å²) in [6.45, 7) is -0.123. The van der Waals surface area contributed by atoms with Crippen LogP contribution in [0.3, 0.4) is 0 Å². The summed E-state index contributed by atoms with van der Waals surface area (Å²) in [5.41, 5.74) is 6.11. The van der Waals surface area contributed by atoms with E-state index in [9.17, 15) is 8.78 Å². The molecule has 2 rings (SSSR count). The molecule has 2 aromatic heterocycles. The summed E-state index contributed by atoms with van der Waals surface area (Å²) in [5.74, 6) is -1.02. The topological polar surface area (TPSA) is 56.2 Å². The van der Waals surface area contributed by atoms with Crippen molar-refractivity contribution in [3.05, 3.63) is 30.2 Å². The Bertz CT molecular complexity index is 421. The predicted molar refractivity (Wildman–Crippen MR) is 50.8 cm³/mol. The number of nitrogens with zero attached hydrogens (tertiary/aromatic N) is 3. The minimum Gasteiger partial charge on any atom is -0.330 e. The molecule has 15 heavy (non-hydrogen) atoms. The summed E-state index contributed by atoms with van der Waals surface area (Å²) in [7, 11) is 0. The number of halogens is 2. The second kappa shape index (κ2) is 3.90. The summed E-state index contributed by atoms with van der Waals surface area (Å²) in [4.78, 5) is 3.99. The molecule has 0 aliphatic rings. The molecule has 2 heterocycles. The highest BCUT2D eigenvalue weighted by molar-refractivity contribution is 5.39. The minimum absolute atomic E-state index is 0.123. The van der Waals surface area contributed by atoms with Crippen molar-refractivity contribution in [1.82, 2.24) is 14.6 Å². The first-order chi connectivity index (χ1) is 7.22. The second-order valence-electron chi connectivity index (χ2n) is 3.17. The maximum Gasteiger partial charge on any atom is 0.248 e. The molecule has 0 saturated heterocycles. The highest BCUT2D eigenvalue weighted by atomic mass is 19.3. The van der Waals surface area contributed by atoms with E-state index in [1.165, 1.54) is 10.6 Å². The van der Waals surface area contributed by atoms with E-state index >= 15 is 0 Å². The van der Waals surface area contributed by atoms with Gasteiger partial charge in [0.25, 0.3) is 0 Å². The van der Waals surface area contributed by atoms with Gasteiger partial charge in [0.2, 0.25) is 6.43 Å². The fourth-order valence-electron chi connectivity index (χ4n) is 1.38.